The molecular weight excluding hydrogens is 326 g/mol. The van der Waals surface area contributed by atoms with E-state index in [9.17, 15) is 0 Å². The minimum Gasteiger partial charge on any atom is -0.451 e. The van der Waals surface area contributed by atoms with Gasteiger partial charge < -0.3 is 15.1 Å². The number of nitrogens with one attached hydrogen (secondary N) is 2. The summed E-state index contributed by atoms with van der Waals surface area (Å²) in [5, 5.41) is 12.4. The van der Waals surface area contributed by atoms with Crippen molar-refractivity contribution in [3.05, 3.63) is 66.4 Å². The van der Waals surface area contributed by atoms with E-state index in [-0.39, 0.29) is 0 Å². The summed E-state index contributed by atoms with van der Waals surface area (Å²) in [5.74, 6) is 0.656. The molecule has 1 aromatic carbocycles. The SMILES string of the molecule is N=C1CCc2cc(Nc3c(-c4ccncn4)oc4cnccc34)ccc21. The maximum atomic E-state index is 8.00. The molecule has 1 aliphatic carbocycles. The van der Waals surface area contributed by atoms with Crippen molar-refractivity contribution in [3.63, 3.8) is 0 Å². The van der Waals surface area contributed by atoms with Crippen LogP contribution in [-0.2, 0) is 6.42 Å². The van der Waals surface area contributed by atoms with Crippen LogP contribution in [0.15, 0.2) is 59.7 Å². The standard InChI is InChI=1S/C20H15N5O/c21-16-4-1-12-9-13(2-3-14(12)16)25-19-15-5-7-22-10-18(15)26-20(19)17-6-8-23-11-24-17/h2-3,5-11,21,25H,1,4H2. The number of fused-ring (bicyclic) bond motifs is 2. The van der Waals surface area contributed by atoms with Gasteiger partial charge in [-0.25, -0.2) is 9.97 Å². The first-order valence-electron chi connectivity index (χ1n) is 8.40. The number of benzene rings is 1. The molecule has 0 unspecified atom stereocenters. The van der Waals surface area contributed by atoms with Crippen LogP contribution in [0, 0.1) is 5.41 Å². The second kappa shape index (κ2) is 5.77. The normalized spacial score (nSPS) is 13.2. The lowest BCUT2D eigenvalue weighted by Crippen LogP contribution is -1.95. The zero-order valence-corrected chi connectivity index (χ0v) is 13.9. The summed E-state index contributed by atoms with van der Waals surface area (Å²) in [6.45, 7) is 0. The van der Waals surface area contributed by atoms with Gasteiger partial charge in [-0.2, -0.15) is 0 Å². The number of furan rings is 1. The Kier molecular flexibility index (Phi) is 3.28. The Hall–Kier alpha value is -3.54. The van der Waals surface area contributed by atoms with Gasteiger partial charge in [-0.3, -0.25) is 4.98 Å². The van der Waals surface area contributed by atoms with Crippen LogP contribution in [0.2, 0.25) is 0 Å². The topological polar surface area (TPSA) is 87.7 Å². The van der Waals surface area contributed by atoms with E-state index in [1.54, 1.807) is 18.6 Å². The van der Waals surface area contributed by atoms with Crippen molar-refractivity contribution in [1.82, 2.24) is 15.0 Å². The average molecular weight is 341 g/mol. The zero-order chi connectivity index (χ0) is 17.5. The van der Waals surface area contributed by atoms with Crippen molar-refractivity contribution >= 4 is 28.1 Å². The van der Waals surface area contributed by atoms with Crippen LogP contribution in [0.1, 0.15) is 17.5 Å². The highest BCUT2D eigenvalue weighted by Crippen LogP contribution is 2.39. The smallest absolute Gasteiger partial charge is 0.177 e. The van der Waals surface area contributed by atoms with E-state index in [0.717, 1.165) is 35.2 Å². The molecule has 0 saturated carbocycles. The highest BCUT2D eigenvalue weighted by atomic mass is 16.3. The molecule has 1 aliphatic rings. The van der Waals surface area contributed by atoms with E-state index in [2.05, 4.69) is 26.3 Å². The highest BCUT2D eigenvalue weighted by molar-refractivity contribution is 6.03. The van der Waals surface area contributed by atoms with Gasteiger partial charge >= 0.3 is 0 Å². The summed E-state index contributed by atoms with van der Waals surface area (Å²) >= 11 is 0. The van der Waals surface area contributed by atoms with Gasteiger partial charge in [0, 0.05) is 29.2 Å². The summed E-state index contributed by atoms with van der Waals surface area (Å²) in [7, 11) is 0. The van der Waals surface area contributed by atoms with Gasteiger partial charge in [0.05, 0.1) is 11.9 Å². The third kappa shape index (κ3) is 2.35. The van der Waals surface area contributed by atoms with Gasteiger partial charge in [0.15, 0.2) is 11.3 Å². The van der Waals surface area contributed by atoms with Gasteiger partial charge in [-0.05, 0) is 48.2 Å². The Morgan fingerprint density at radius 2 is 1.96 bits per heavy atom. The summed E-state index contributed by atoms with van der Waals surface area (Å²) < 4.78 is 6.02. The predicted octanol–water partition coefficient (Wildman–Crippen LogP) is 4.34. The number of nitrogens with zero attached hydrogens (tertiary/aromatic N) is 3. The van der Waals surface area contributed by atoms with Crippen molar-refractivity contribution in [2.75, 3.05) is 5.32 Å². The van der Waals surface area contributed by atoms with Crippen molar-refractivity contribution in [2.24, 2.45) is 0 Å². The Bertz CT molecular complexity index is 1130. The molecule has 0 saturated heterocycles. The molecule has 3 aromatic heterocycles. The fourth-order valence-corrected chi connectivity index (χ4v) is 3.39. The summed E-state index contributed by atoms with van der Waals surface area (Å²) in [5.41, 5.74) is 6.20. The molecule has 0 bridgehead atoms. The Balaban J connectivity index is 1.63. The summed E-state index contributed by atoms with van der Waals surface area (Å²) in [6, 6.07) is 9.87. The van der Waals surface area contributed by atoms with Gasteiger partial charge in [0.25, 0.3) is 0 Å². The van der Waals surface area contributed by atoms with Gasteiger partial charge in [-0.1, -0.05) is 6.07 Å². The van der Waals surface area contributed by atoms with Crippen LogP contribution in [0.5, 0.6) is 0 Å². The molecule has 0 radical (unpaired) electrons. The monoisotopic (exact) mass is 341 g/mol. The first-order chi connectivity index (χ1) is 12.8. The number of aryl methyl sites for hydroxylation is 1. The largest absolute Gasteiger partial charge is 0.451 e. The third-order valence-electron chi connectivity index (χ3n) is 4.65. The number of hydrogen-bond acceptors (Lipinski definition) is 6. The average Bonchev–Trinajstić information content (AvgIpc) is 3.24. The second-order valence-corrected chi connectivity index (χ2v) is 6.25. The summed E-state index contributed by atoms with van der Waals surface area (Å²) in [4.78, 5) is 12.4. The molecule has 6 nitrogen and oxygen atoms in total. The van der Waals surface area contributed by atoms with Crippen LogP contribution in [-0.4, -0.2) is 20.7 Å². The van der Waals surface area contributed by atoms with Crippen LogP contribution in [0.4, 0.5) is 11.4 Å². The van der Waals surface area contributed by atoms with Crippen molar-refractivity contribution < 1.29 is 4.42 Å². The Morgan fingerprint density at radius 1 is 1.04 bits per heavy atom. The lowest BCUT2D eigenvalue weighted by Gasteiger charge is -2.09. The molecule has 0 spiro atoms. The lowest BCUT2D eigenvalue weighted by atomic mass is 10.1. The Morgan fingerprint density at radius 3 is 2.85 bits per heavy atom. The molecule has 0 fully saturated rings. The van der Waals surface area contributed by atoms with E-state index >= 15 is 0 Å². The van der Waals surface area contributed by atoms with Crippen LogP contribution < -0.4 is 5.32 Å². The molecule has 3 heterocycles. The van der Waals surface area contributed by atoms with Gasteiger partial charge in [-0.15, -0.1) is 0 Å². The molecule has 6 heteroatoms. The lowest BCUT2D eigenvalue weighted by molar-refractivity contribution is 0.628. The number of rotatable bonds is 3. The third-order valence-corrected chi connectivity index (χ3v) is 4.65. The van der Waals surface area contributed by atoms with Gasteiger partial charge in [0.1, 0.15) is 12.0 Å². The van der Waals surface area contributed by atoms with E-state index in [4.69, 9.17) is 9.83 Å². The fourth-order valence-electron chi connectivity index (χ4n) is 3.39. The molecule has 5 rings (SSSR count). The van der Waals surface area contributed by atoms with E-state index in [0.29, 0.717) is 22.7 Å². The maximum Gasteiger partial charge on any atom is 0.177 e. The van der Waals surface area contributed by atoms with Crippen LogP contribution in [0.25, 0.3) is 22.4 Å². The van der Waals surface area contributed by atoms with Crippen LogP contribution in [0.3, 0.4) is 0 Å². The minimum absolute atomic E-state index is 0.656. The molecule has 0 aliphatic heterocycles. The quantitative estimate of drug-likeness (QED) is 0.578. The second-order valence-electron chi connectivity index (χ2n) is 6.25. The van der Waals surface area contributed by atoms with E-state index in [1.165, 1.54) is 11.9 Å². The molecule has 0 atom stereocenters. The van der Waals surface area contributed by atoms with Crippen molar-refractivity contribution in [1.29, 1.82) is 5.41 Å². The number of aromatic nitrogens is 3. The molecule has 26 heavy (non-hydrogen) atoms. The first kappa shape index (κ1) is 14.8. The molecule has 126 valence electrons. The predicted molar refractivity (Wildman–Crippen MR) is 99.9 cm³/mol. The molecular formula is C20H15N5O. The summed E-state index contributed by atoms with van der Waals surface area (Å²) in [6.07, 6.45) is 8.37. The number of anilines is 2. The molecule has 2 N–H and O–H groups in total. The first-order valence-corrected chi connectivity index (χ1v) is 8.40. The minimum atomic E-state index is 0.656. The van der Waals surface area contributed by atoms with Crippen molar-refractivity contribution in [3.8, 4) is 11.5 Å². The molecule has 0 amide bonds. The molecule has 4 aromatic rings. The number of pyridine rings is 1. The fraction of sp³-hybridized carbons (Fsp3) is 0.100. The maximum absolute atomic E-state index is 8.00. The van der Waals surface area contributed by atoms with Crippen molar-refractivity contribution in [2.45, 2.75) is 12.8 Å². The number of hydrogen-bond donors (Lipinski definition) is 2. The Labute approximate surface area is 149 Å². The van der Waals surface area contributed by atoms with E-state index in [1.807, 2.05) is 24.3 Å². The van der Waals surface area contributed by atoms with E-state index < -0.39 is 0 Å². The van der Waals surface area contributed by atoms with Gasteiger partial charge in [0.2, 0.25) is 0 Å². The zero-order valence-electron chi connectivity index (χ0n) is 13.9. The van der Waals surface area contributed by atoms with Crippen LogP contribution >= 0.6 is 0 Å². The highest BCUT2D eigenvalue weighted by Gasteiger charge is 2.19.